The zero-order chi connectivity index (χ0) is 14.8. The lowest BCUT2D eigenvalue weighted by atomic mass is 10.1. The van der Waals surface area contributed by atoms with Crippen LogP contribution >= 0.6 is 0 Å². The van der Waals surface area contributed by atoms with Crippen molar-refractivity contribution in [3.05, 3.63) is 29.6 Å². The lowest BCUT2D eigenvalue weighted by Crippen LogP contribution is -2.02. The number of ether oxygens (including phenoxy) is 1. The van der Waals surface area contributed by atoms with Crippen LogP contribution < -0.4 is 4.74 Å². The molecule has 0 amide bonds. The van der Waals surface area contributed by atoms with Gasteiger partial charge >= 0.3 is 0 Å². The summed E-state index contributed by atoms with van der Waals surface area (Å²) in [6, 6.07) is 4.45. The standard InChI is InChI=1S/C17H25FO2/c1-3-5-6-7-8-9-12-20-17-11-10-14(13-15(17)18)16(19)4-2/h10-11,13H,3-9,12H2,1-2H3. The molecule has 0 radical (unpaired) electrons. The van der Waals surface area contributed by atoms with E-state index >= 15 is 0 Å². The van der Waals surface area contributed by atoms with Gasteiger partial charge in [0.05, 0.1) is 6.61 Å². The van der Waals surface area contributed by atoms with E-state index < -0.39 is 5.82 Å². The minimum Gasteiger partial charge on any atom is -0.491 e. The number of carbonyl (C=O) groups excluding carboxylic acids is 1. The Balaban J connectivity index is 2.32. The van der Waals surface area contributed by atoms with Crippen LogP contribution in [0.3, 0.4) is 0 Å². The summed E-state index contributed by atoms with van der Waals surface area (Å²) in [5, 5.41) is 0. The van der Waals surface area contributed by atoms with Crippen LogP contribution in [0.2, 0.25) is 0 Å². The average molecular weight is 280 g/mol. The van der Waals surface area contributed by atoms with Gasteiger partial charge in [0, 0.05) is 12.0 Å². The second kappa shape index (κ2) is 9.51. The molecule has 0 bridgehead atoms. The first-order valence-corrected chi connectivity index (χ1v) is 7.64. The fraction of sp³-hybridized carbons (Fsp3) is 0.588. The molecule has 2 nitrogen and oxygen atoms in total. The van der Waals surface area contributed by atoms with Crippen molar-refractivity contribution < 1.29 is 13.9 Å². The monoisotopic (exact) mass is 280 g/mol. The van der Waals surface area contributed by atoms with Crippen LogP contribution in [0, 0.1) is 5.82 Å². The van der Waals surface area contributed by atoms with Gasteiger partial charge in [0.2, 0.25) is 0 Å². The number of hydrogen-bond acceptors (Lipinski definition) is 2. The third-order valence-corrected chi connectivity index (χ3v) is 3.33. The summed E-state index contributed by atoms with van der Waals surface area (Å²) in [6.07, 6.45) is 7.44. The van der Waals surface area contributed by atoms with E-state index in [-0.39, 0.29) is 11.5 Å². The molecule has 0 atom stereocenters. The second-order valence-corrected chi connectivity index (χ2v) is 5.04. The van der Waals surface area contributed by atoms with Crippen LogP contribution in [0.1, 0.15) is 69.2 Å². The number of benzene rings is 1. The number of rotatable bonds is 10. The van der Waals surface area contributed by atoms with Gasteiger partial charge in [-0.1, -0.05) is 46.0 Å². The molecule has 1 aromatic carbocycles. The summed E-state index contributed by atoms with van der Waals surface area (Å²) in [4.78, 5) is 11.5. The van der Waals surface area contributed by atoms with Gasteiger partial charge in [0.15, 0.2) is 17.3 Å². The number of halogens is 1. The number of Topliss-reactive ketones (excluding diaryl/α,β-unsaturated/α-hetero) is 1. The van der Waals surface area contributed by atoms with Gasteiger partial charge in [-0.15, -0.1) is 0 Å². The number of ketones is 1. The Bertz CT molecular complexity index is 415. The number of unbranched alkanes of at least 4 members (excludes halogenated alkanes) is 5. The van der Waals surface area contributed by atoms with Crippen molar-refractivity contribution in [2.75, 3.05) is 6.61 Å². The highest BCUT2D eigenvalue weighted by molar-refractivity contribution is 5.95. The largest absolute Gasteiger partial charge is 0.491 e. The van der Waals surface area contributed by atoms with E-state index in [9.17, 15) is 9.18 Å². The van der Waals surface area contributed by atoms with Gasteiger partial charge < -0.3 is 4.74 Å². The van der Waals surface area contributed by atoms with Crippen molar-refractivity contribution in [1.29, 1.82) is 0 Å². The summed E-state index contributed by atoms with van der Waals surface area (Å²) < 4.78 is 19.2. The van der Waals surface area contributed by atoms with Crippen molar-refractivity contribution >= 4 is 5.78 Å². The summed E-state index contributed by atoms with van der Waals surface area (Å²) in [5.74, 6) is -0.257. The minimum absolute atomic E-state index is 0.0497. The van der Waals surface area contributed by atoms with E-state index in [1.54, 1.807) is 19.1 Å². The molecule has 20 heavy (non-hydrogen) atoms. The first kappa shape index (κ1) is 16.7. The number of hydrogen-bond donors (Lipinski definition) is 0. The quantitative estimate of drug-likeness (QED) is 0.437. The molecule has 0 heterocycles. The van der Waals surface area contributed by atoms with E-state index in [0.29, 0.717) is 18.6 Å². The maximum Gasteiger partial charge on any atom is 0.165 e. The molecule has 0 fully saturated rings. The summed E-state index contributed by atoms with van der Waals surface area (Å²) in [7, 11) is 0. The van der Waals surface area contributed by atoms with Crippen LogP contribution in [-0.4, -0.2) is 12.4 Å². The Morgan fingerprint density at radius 2 is 1.80 bits per heavy atom. The van der Waals surface area contributed by atoms with Gasteiger partial charge in [-0.25, -0.2) is 4.39 Å². The average Bonchev–Trinajstić information content (AvgIpc) is 2.46. The van der Waals surface area contributed by atoms with Crippen LogP contribution in [0.5, 0.6) is 5.75 Å². The zero-order valence-electron chi connectivity index (χ0n) is 12.6. The van der Waals surface area contributed by atoms with Crippen LogP contribution in [0.25, 0.3) is 0 Å². The molecule has 0 saturated heterocycles. The van der Waals surface area contributed by atoms with Crippen molar-refractivity contribution in [2.45, 2.75) is 58.8 Å². The molecule has 1 rings (SSSR count). The van der Waals surface area contributed by atoms with Crippen LogP contribution in [-0.2, 0) is 0 Å². The Kier molecular flexibility index (Phi) is 7.93. The van der Waals surface area contributed by atoms with Gasteiger partial charge in [0.1, 0.15) is 0 Å². The molecule has 1 aromatic rings. The van der Waals surface area contributed by atoms with E-state index in [1.807, 2.05) is 0 Å². The van der Waals surface area contributed by atoms with Gasteiger partial charge in [-0.3, -0.25) is 4.79 Å². The van der Waals surface area contributed by atoms with Gasteiger partial charge in [-0.05, 0) is 24.6 Å². The zero-order valence-corrected chi connectivity index (χ0v) is 12.6. The van der Waals surface area contributed by atoms with E-state index in [1.165, 1.54) is 31.7 Å². The normalized spacial score (nSPS) is 10.6. The van der Waals surface area contributed by atoms with Crippen molar-refractivity contribution in [1.82, 2.24) is 0 Å². The van der Waals surface area contributed by atoms with E-state index in [2.05, 4.69) is 6.92 Å². The highest BCUT2D eigenvalue weighted by Gasteiger charge is 2.08. The molecule has 0 aliphatic heterocycles. The topological polar surface area (TPSA) is 26.3 Å². The molecular weight excluding hydrogens is 255 g/mol. The summed E-state index contributed by atoms with van der Waals surface area (Å²) in [6.45, 7) is 4.49. The van der Waals surface area contributed by atoms with Crippen LogP contribution in [0.4, 0.5) is 4.39 Å². The maximum absolute atomic E-state index is 13.7. The molecule has 0 aliphatic carbocycles. The molecule has 0 spiro atoms. The molecule has 0 N–H and O–H groups in total. The molecule has 112 valence electrons. The summed E-state index contributed by atoms with van der Waals surface area (Å²) in [5.41, 5.74) is 0.414. The second-order valence-electron chi connectivity index (χ2n) is 5.04. The molecular formula is C17H25FO2. The van der Waals surface area contributed by atoms with E-state index in [0.717, 1.165) is 12.8 Å². The predicted molar refractivity (Wildman–Crippen MR) is 79.9 cm³/mol. The maximum atomic E-state index is 13.7. The van der Waals surface area contributed by atoms with Crippen LogP contribution in [0.15, 0.2) is 18.2 Å². The molecule has 0 aromatic heterocycles. The van der Waals surface area contributed by atoms with E-state index in [4.69, 9.17) is 4.74 Å². The predicted octanol–water partition coefficient (Wildman–Crippen LogP) is 5.16. The fourth-order valence-electron chi connectivity index (χ4n) is 2.06. The van der Waals surface area contributed by atoms with Gasteiger partial charge in [0.25, 0.3) is 0 Å². The third kappa shape index (κ3) is 5.72. The lowest BCUT2D eigenvalue weighted by Gasteiger charge is -2.08. The Hall–Kier alpha value is -1.38. The SMILES string of the molecule is CCCCCCCCOc1ccc(C(=O)CC)cc1F. The Morgan fingerprint density at radius 1 is 1.10 bits per heavy atom. The van der Waals surface area contributed by atoms with Crippen molar-refractivity contribution in [3.8, 4) is 5.75 Å². The summed E-state index contributed by atoms with van der Waals surface area (Å²) >= 11 is 0. The molecule has 0 aliphatic rings. The van der Waals surface area contributed by atoms with Crippen molar-refractivity contribution in [2.24, 2.45) is 0 Å². The van der Waals surface area contributed by atoms with Gasteiger partial charge in [-0.2, -0.15) is 0 Å². The Labute approximate surface area is 121 Å². The Morgan fingerprint density at radius 3 is 2.45 bits per heavy atom. The molecule has 0 saturated carbocycles. The lowest BCUT2D eigenvalue weighted by molar-refractivity contribution is 0.0987. The molecule has 0 unspecified atom stereocenters. The van der Waals surface area contributed by atoms with Crippen molar-refractivity contribution in [3.63, 3.8) is 0 Å². The smallest absolute Gasteiger partial charge is 0.165 e. The first-order valence-electron chi connectivity index (χ1n) is 7.64. The highest BCUT2D eigenvalue weighted by atomic mass is 19.1. The third-order valence-electron chi connectivity index (χ3n) is 3.33. The number of carbonyl (C=O) groups is 1. The minimum atomic E-state index is -0.449. The highest BCUT2D eigenvalue weighted by Crippen LogP contribution is 2.19. The molecule has 3 heteroatoms. The first-order chi connectivity index (χ1) is 9.69. The fourth-order valence-corrected chi connectivity index (χ4v) is 2.06.